The van der Waals surface area contributed by atoms with E-state index < -0.39 is 0 Å². The van der Waals surface area contributed by atoms with Gasteiger partial charge < -0.3 is 27.1 Å². The lowest BCUT2D eigenvalue weighted by Crippen LogP contribution is -2.15. The number of hydrogen-bond donors (Lipinski definition) is 0. The van der Waals surface area contributed by atoms with Crippen LogP contribution >= 0.6 is 0 Å². The minimum Gasteiger partial charge on any atom is -0.456 e. The summed E-state index contributed by atoms with van der Waals surface area (Å²) in [7, 11) is 0. The van der Waals surface area contributed by atoms with Crippen molar-refractivity contribution in [2.24, 2.45) is 0 Å². The van der Waals surface area contributed by atoms with E-state index in [0.717, 1.165) is 142 Å². The first kappa shape index (κ1) is 40.8. The molecule has 0 bridgehead atoms. The van der Waals surface area contributed by atoms with Crippen LogP contribution in [-0.4, -0.2) is 18.3 Å². The van der Waals surface area contributed by atoms with Gasteiger partial charge in [-0.1, -0.05) is 146 Å². The van der Waals surface area contributed by atoms with Gasteiger partial charge in [-0.3, -0.25) is 0 Å². The normalized spacial score (nSPS) is 12.2. The van der Waals surface area contributed by atoms with E-state index >= 15 is 0 Å². The second-order valence-electron chi connectivity index (χ2n) is 19.7. The molecular formula is C68H36N6O2. The summed E-state index contributed by atoms with van der Waals surface area (Å²) in [6.45, 7) is 9.63. The number of nitriles is 1. The Balaban J connectivity index is 1.18. The van der Waals surface area contributed by atoms with Crippen LogP contribution in [0.15, 0.2) is 227 Å². The van der Waals surface area contributed by atoms with Crippen LogP contribution in [-0.2, 0) is 0 Å². The quantitative estimate of drug-likeness (QED) is 0.165. The van der Waals surface area contributed by atoms with Crippen LogP contribution in [0, 0.1) is 17.9 Å². The van der Waals surface area contributed by atoms with E-state index in [0.29, 0.717) is 11.4 Å². The van der Waals surface area contributed by atoms with E-state index in [2.05, 4.69) is 211 Å². The van der Waals surface area contributed by atoms with Crippen LogP contribution in [0.25, 0.3) is 159 Å². The maximum Gasteiger partial charge on any atom is 0.232 e. The maximum atomic E-state index is 12.4. The Bertz CT molecular complexity index is 5070. The summed E-state index contributed by atoms with van der Waals surface area (Å²) < 4.78 is 22.6. The van der Waals surface area contributed by atoms with Crippen molar-refractivity contribution in [1.29, 1.82) is 5.26 Å². The first-order valence-corrected chi connectivity index (χ1v) is 25.3. The fourth-order valence-corrected chi connectivity index (χ4v) is 12.9. The van der Waals surface area contributed by atoms with Crippen molar-refractivity contribution in [2.45, 2.75) is 0 Å². The minimum absolute atomic E-state index is 0.210. The third-order valence-corrected chi connectivity index (χ3v) is 16.0. The molecule has 0 fully saturated rings. The van der Waals surface area contributed by atoms with Gasteiger partial charge in [0.2, 0.25) is 5.69 Å². The Labute approximate surface area is 431 Å². The monoisotopic (exact) mass is 968 g/mol. The van der Waals surface area contributed by atoms with E-state index in [1.165, 1.54) is 0 Å². The second-order valence-corrected chi connectivity index (χ2v) is 19.7. The highest BCUT2D eigenvalue weighted by atomic mass is 16.3. The molecule has 350 valence electrons. The second kappa shape index (κ2) is 14.9. The van der Waals surface area contributed by atoms with Crippen molar-refractivity contribution in [3.05, 3.63) is 235 Å². The number of fused-ring (bicyclic) bond motifs is 18. The van der Waals surface area contributed by atoms with Gasteiger partial charge in [0.25, 0.3) is 0 Å². The number of nitrogens with zero attached hydrogens (tertiary/aromatic N) is 6. The molecule has 0 saturated carbocycles. The number of para-hydroxylation sites is 8. The molecular weight excluding hydrogens is 933 g/mol. The molecule has 0 radical (unpaired) electrons. The van der Waals surface area contributed by atoms with Gasteiger partial charge in [0.15, 0.2) is 0 Å². The summed E-state index contributed by atoms with van der Waals surface area (Å²) in [6, 6.07) is 78.7. The molecule has 8 nitrogen and oxygen atoms in total. The number of furan rings is 2. The summed E-state index contributed by atoms with van der Waals surface area (Å²) in [6.07, 6.45) is 0. The van der Waals surface area contributed by atoms with Gasteiger partial charge in [-0.05, 0) is 60.7 Å². The van der Waals surface area contributed by atoms with Crippen LogP contribution in [0.1, 0.15) is 5.56 Å². The number of rotatable bonds is 4. The van der Waals surface area contributed by atoms with Gasteiger partial charge >= 0.3 is 0 Å². The lowest BCUT2D eigenvalue weighted by molar-refractivity contribution is 0.669. The van der Waals surface area contributed by atoms with Gasteiger partial charge in [0, 0.05) is 76.8 Å². The Kier molecular flexibility index (Phi) is 7.99. The molecule has 0 saturated heterocycles. The lowest BCUT2D eigenvalue weighted by atomic mass is 10.0. The number of aromatic nitrogens is 4. The molecule has 11 aromatic carbocycles. The Morgan fingerprint density at radius 1 is 0.303 bits per heavy atom. The first-order valence-electron chi connectivity index (χ1n) is 25.3. The van der Waals surface area contributed by atoms with Crippen LogP contribution in [0.3, 0.4) is 0 Å². The molecule has 0 aliphatic heterocycles. The lowest BCUT2D eigenvalue weighted by Gasteiger charge is -2.28. The summed E-state index contributed by atoms with van der Waals surface area (Å²) in [5.74, 6) is 0. The number of benzene rings is 11. The average molecular weight is 969 g/mol. The van der Waals surface area contributed by atoms with Crippen molar-refractivity contribution in [3.8, 4) is 28.8 Å². The van der Waals surface area contributed by atoms with Crippen molar-refractivity contribution in [3.63, 3.8) is 0 Å². The predicted molar refractivity (Wildman–Crippen MR) is 309 cm³/mol. The molecule has 76 heavy (non-hydrogen) atoms. The molecule has 17 rings (SSSR count). The zero-order valence-electron chi connectivity index (χ0n) is 40.3. The third kappa shape index (κ3) is 5.18. The van der Waals surface area contributed by atoms with Gasteiger partial charge in [-0.15, -0.1) is 0 Å². The van der Waals surface area contributed by atoms with Crippen LogP contribution in [0.4, 0.5) is 5.69 Å². The van der Waals surface area contributed by atoms with E-state index in [-0.39, 0.29) is 11.3 Å². The van der Waals surface area contributed by atoms with Gasteiger partial charge in [0.1, 0.15) is 22.3 Å². The molecule has 6 heterocycles. The molecule has 0 N–H and O–H groups in total. The largest absolute Gasteiger partial charge is 0.456 e. The summed E-state index contributed by atoms with van der Waals surface area (Å²) in [4.78, 5) is 4.62. The Hall–Kier alpha value is -10.8. The SMILES string of the molecule is [C-]#[N+]c1c(C#N)c(-n2c3ccccc3c3cc4c(cc32)oc2ccccc24)c(-n2c3ccccc3c3ccccc32)c(-n2c3ccccc3c3ccccc32)c1-n1c2ccccc2c2cc3c(cc21)oc1ccccc13. The molecule has 6 aromatic heterocycles. The fourth-order valence-electron chi connectivity index (χ4n) is 12.9. The molecule has 0 unspecified atom stereocenters. The molecule has 0 amide bonds. The number of hydrogen-bond acceptors (Lipinski definition) is 3. The predicted octanol–water partition coefficient (Wildman–Crippen LogP) is 18.3. The zero-order valence-corrected chi connectivity index (χ0v) is 40.3. The topological polar surface area (TPSA) is 74.2 Å². The van der Waals surface area contributed by atoms with Crippen LogP contribution in [0.5, 0.6) is 0 Å². The first-order chi connectivity index (χ1) is 37.7. The van der Waals surface area contributed by atoms with Crippen molar-refractivity contribution >= 4 is 137 Å². The third-order valence-electron chi connectivity index (χ3n) is 16.0. The van der Waals surface area contributed by atoms with Crippen LogP contribution in [0.2, 0.25) is 0 Å². The Morgan fingerprint density at radius 3 is 0.974 bits per heavy atom. The van der Waals surface area contributed by atoms with E-state index in [1.54, 1.807) is 0 Å². The van der Waals surface area contributed by atoms with Crippen LogP contribution < -0.4 is 0 Å². The highest BCUT2D eigenvalue weighted by molar-refractivity contribution is 6.21. The standard InChI is InChI=1S/C68H36N6O2/c1-70-64-51(38-69)65(73-56-30-14-6-22-43(56)47-34-49-45-24-8-16-32-60(45)75-62(49)36-58(47)73)67(71-52-26-10-2-18-39(52)40-19-3-11-27-53(40)71)68(72-54-28-12-4-20-41(54)42-21-5-13-29-55(42)72)66(64)74-57-31-15-7-23-44(57)48-35-50-46-25-9-17-33-61(46)76-63(50)37-59(48)74/h2-37H. The summed E-state index contributed by atoms with van der Waals surface area (Å²) in [5, 5.41) is 24.7. The van der Waals surface area contributed by atoms with Gasteiger partial charge in [-0.25, -0.2) is 4.85 Å². The average Bonchev–Trinajstić information content (AvgIpc) is 4.47. The van der Waals surface area contributed by atoms with Gasteiger partial charge in [-0.2, -0.15) is 5.26 Å². The smallest absolute Gasteiger partial charge is 0.232 e. The van der Waals surface area contributed by atoms with E-state index in [1.807, 2.05) is 36.4 Å². The van der Waals surface area contributed by atoms with Crippen molar-refractivity contribution < 1.29 is 8.83 Å². The molecule has 0 aliphatic rings. The molecule has 0 aliphatic carbocycles. The van der Waals surface area contributed by atoms with E-state index in [9.17, 15) is 11.8 Å². The van der Waals surface area contributed by atoms with Crippen molar-refractivity contribution in [2.75, 3.05) is 0 Å². The molecule has 0 spiro atoms. The highest BCUT2D eigenvalue weighted by Gasteiger charge is 2.35. The van der Waals surface area contributed by atoms with E-state index in [4.69, 9.17) is 8.83 Å². The molecule has 0 atom stereocenters. The molecule has 17 aromatic rings. The molecule has 8 heteroatoms. The zero-order chi connectivity index (χ0) is 49.9. The summed E-state index contributed by atoms with van der Waals surface area (Å²) >= 11 is 0. The minimum atomic E-state index is 0.210. The fraction of sp³-hybridized carbons (Fsp3) is 0. The van der Waals surface area contributed by atoms with Crippen molar-refractivity contribution in [1.82, 2.24) is 18.3 Å². The maximum absolute atomic E-state index is 12.4. The summed E-state index contributed by atoms with van der Waals surface area (Å²) in [5.41, 5.74) is 13.3. The van der Waals surface area contributed by atoms with Gasteiger partial charge in [0.05, 0.1) is 85.1 Å². The Morgan fingerprint density at radius 2 is 0.605 bits per heavy atom. The highest BCUT2D eigenvalue weighted by Crippen LogP contribution is 2.52.